The maximum absolute atomic E-state index is 5.31. The second-order valence-electron chi connectivity index (χ2n) is 5.38. The van der Waals surface area contributed by atoms with Gasteiger partial charge in [0, 0.05) is 12.1 Å². The number of allylic oxidation sites excluding steroid dienone is 6. The number of benzene rings is 1. The van der Waals surface area contributed by atoms with Crippen LogP contribution in [0.3, 0.4) is 0 Å². The summed E-state index contributed by atoms with van der Waals surface area (Å²) in [5, 5.41) is 3.25. The van der Waals surface area contributed by atoms with Gasteiger partial charge in [-0.05, 0) is 43.7 Å². The molecule has 0 unspecified atom stereocenters. The first-order chi connectivity index (χ1) is 11.1. The van der Waals surface area contributed by atoms with Gasteiger partial charge in [0.2, 0.25) is 0 Å². The predicted molar refractivity (Wildman–Crippen MR) is 101 cm³/mol. The maximum atomic E-state index is 5.31. The number of ether oxygens (including phenoxy) is 1. The van der Waals surface area contributed by atoms with Crippen molar-refractivity contribution in [2.24, 2.45) is 0 Å². The van der Waals surface area contributed by atoms with Gasteiger partial charge < -0.3 is 10.1 Å². The summed E-state index contributed by atoms with van der Waals surface area (Å²) >= 11 is 0. The van der Waals surface area contributed by atoms with E-state index in [9.17, 15) is 0 Å². The van der Waals surface area contributed by atoms with E-state index in [1.807, 2.05) is 60.8 Å². The SMILES string of the molecule is C=C(/C=C\C=C/NCCCC(=C)C)/C=C/c1ccccc1OC. The van der Waals surface area contributed by atoms with Gasteiger partial charge in [0.1, 0.15) is 5.75 Å². The molecule has 0 aromatic heterocycles. The van der Waals surface area contributed by atoms with E-state index < -0.39 is 0 Å². The molecule has 0 radical (unpaired) electrons. The van der Waals surface area contributed by atoms with Gasteiger partial charge in [0.25, 0.3) is 0 Å². The van der Waals surface area contributed by atoms with Gasteiger partial charge in [0.15, 0.2) is 0 Å². The van der Waals surface area contributed by atoms with Crippen LogP contribution in [0.4, 0.5) is 0 Å². The summed E-state index contributed by atoms with van der Waals surface area (Å²) in [6, 6.07) is 7.91. The van der Waals surface area contributed by atoms with Crippen molar-refractivity contribution in [2.75, 3.05) is 13.7 Å². The molecular formula is C21H27NO. The molecule has 1 aromatic carbocycles. The second kappa shape index (κ2) is 11.1. The first-order valence-corrected chi connectivity index (χ1v) is 7.84. The van der Waals surface area contributed by atoms with E-state index in [-0.39, 0.29) is 0 Å². The molecule has 0 saturated heterocycles. The van der Waals surface area contributed by atoms with Crippen LogP contribution in [-0.4, -0.2) is 13.7 Å². The van der Waals surface area contributed by atoms with Crippen molar-refractivity contribution in [3.63, 3.8) is 0 Å². The average molecular weight is 309 g/mol. The van der Waals surface area contributed by atoms with Gasteiger partial charge in [-0.1, -0.05) is 54.7 Å². The molecule has 0 heterocycles. The van der Waals surface area contributed by atoms with Crippen LogP contribution in [0.1, 0.15) is 25.3 Å². The topological polar surface area (TPSA) is 21.3 Å². The zero-order chi connectivity index (χ0) is 16.9. The summed E-state index contributed by atoms with van der Waals surface area (Å²) in [4.78, 5) is 0. The molecule has 0 aliphatic heterocycles. The minimum absolute atomic E-state index is 0.861. The zero-order valence-corrected chi connectivity index (χ0v) is 14.2. The number of hydrogen-bond acceptors (Lipinski definition) is 2. The third kappa shape index (κ3) is 8.52. The van der Waals surface area contributed by atoms with Crippen molar-refractivity contribution in [1.29, 1.82) is 0 Å². The summed E-state index contributed by atoms with van der Waals surface area (Å²) in [7, 11) is 1.68. The first-order valence-electron chi connectivity index (χ1n) is 7.84. The van der Waals surface area contributed by atoms with Crippen LogP contribution >= 0.6 is 0 Å². The third-order valence-corrected chi connectivity index (χ3v) is 3.18. The highest BCUT2D eigenvalue weighted by atomic mass is 16.5. The van der Waals surface area contributed by atoms with Crippen LogP contribution < -0.4 is 10.1 Å². The van der Waals surface area contributed by atoms with Crippen LogP contribution in [0, 0.1) is 0 Å². The van der Waals surface area contributed by atoms with Crippen molar-refractivity contribution in [1.82, 2.24) is 5.32 Å². The average Bonchev–Trinajstić information content (AvgIpc) is 2.55. The summed E-state index contributed by atoms with van der Waals surface area (Å²) in [5.74, 6) is 0.861. The van der Waals surface area contributed by atoms with Gasteiger partial charge >= 0.3 is 0 Å². The maximum Gasteiger partial charge on any atom is 0.126 e. The fraction of sp³-hybridized carbons (Fsp3) is 0.238. The van der Waals surface area contributed by atoms with Crippen molar-refractivity contribution in [2.45, 2.75) is 19.8 Å². The Morgan fingerprint density at radius 1 is 1.17 bits per heavy atom. The monoisotopic (exact) mass is 309 g/mol. The molecular weight excluding hydrogens is 282 g/mol. The van der Waals surface area contributed by atoms with Crippen LogP contribution in [0.2, 0.25) is 0 Å². The Balaban J connectivity index is 2.35. The van der Waals surface area contributed by atoms with Crippen molar-refractivity contribution in [3.05, 3.63) is 84.6 Å². The fourth-order valence-corrected chi connectivity index (χ4v) is 1.93. The van der Waals surface area contributed by atoms with Crippen LogP contribution in [0.5, 0.6) is 5.75 Å². The van der Waals surface area contributed by atoms with Crippen LogP contribution in [0.15, 0.2) is 79.1 Å². The normalized spacial score (nSPS) is 11.4. The molecule has 0 saturated carbocycles. The number of nitrogens with one attached hydrogen (secondary N) is 1. The lowest BCUT2D eigenvalue weighted by atomic mass is 10.1. The Bertz CT molecular complexity index is 594. The van der Waals surface area contributed by atoms with E-state index in [2.05, 4.69) is 25.4 Å². The molecule has 1 aromatic rings. The van der Waals surface area contributed by atoms with Gasteiger partial charge in [-0.25, -0.2) is 0 Å². The number of methoxy groups -OCH3 is 1. The van der Waals surface area contributed by atoms with Crippen molar-refractivity contribution in [3.8, 4) is 5.75 Å². The molecule has 0 spiro atoms. The van der Waals surface area contributed by atoms with Crippen LogP contribution in [0.25, 0.3) is 6.08 Å². The summed E-state index contributed by atoms with van der Waals surface area (Å²) in [6.07, 6.45) is 14.0. The Morgan fingerprint density at radius 2 is 1.96 bits per heavy atom. The molecule has 0 amide bonds. The standard InChI is InChI=1S/C21H27NO/c1-18(2)10-9-17-22-16-8-7-11-19(3)14-15-20-12-5-6-13-21(20)23-4/h5-8,11-16,22H,1,3,9-10,17H2,2,4H3/b11-7-,15-14+,16-8-. The number of para-hydroxylation sites is 1. The van der Waals surface area contributed by atoms with Crippen molar-refractivity contribution >= 4 is 6.08 Å². The minimum atomic E-state index is 0.861. The molecule has 23 heavy (non-hydrogen) atoms. The zero-order valence-electron chi connectivity index (χ0n) is 14.2. The second-order valence-corrected chi connectivity index (χ2v) is 5.38. The number of hydrogen-bond donors (Lipinski definition) is 1. The molecule has 2 nitrogen and oxygen atoms in total. The van der Waals surface area contributed by atoms with E-state index in [0.29, 0.717) is 0 Å². The Labute approximate surface area is 140 Å². The smallest absolute Gasteiger partial charge is 0.126 e. The molecule has 0 aliphatic rings. The summed E-state index contributed by atoms with van der Waals surface area (Å²) in [5.41, 5.74) is 3.20. The van der Waals surface area contributed by atoms with E-state index in [4.69, 9.17) is 4.74 Å². The van der Waals surface area contributed by atoms with Crippen LogP contribution in [-0.2, 0) is 0 Å². The quantitative estimate of drug-likeness (QED) is 0.361. The third-order valence-electron chi connectivity index (χ3n) is 3.18. The van der Waals surface area contributed by atoms with E-state index >= 15 is 0 Å². The van der Waals surface area contributed by atoms with Gasteiger partial charge in [-0.2, -0.15) is 0 Å². The highest BCUT2D eigenvalue weighted by Gasteiger charge is 1.95. The van der Waals surface area contributed by atoms with Gasteiger partial charge in [0.05, 0.1) is 7.11 Å². The van der Waals surface area contributed by atoms with E-state index in [0.717, 1.165) is 36.3 Å². The lowest BCUT2D eigenvalue weighted by Gasteiger charge is -2.03. The molecule has 0 fully saturated rings. The largest absolute Gasteiger partial charge is 0.496 e. The lowest BCUT2D eigenvalue weighted by molar-refractivity contribution is 0.414. The molecule has 0 aliphatic carbocycles. The highest BCUT2D eigenvalue weighted by Crippen LogP contribution is 2.19. The summed E-state index contributed by atoms with van der Waals surface area (Å²) in [6.45, 7) is 10.9. The van der Waals surface area contributed by atoms with Gasteiger partial charge in [-0.15, -0.1) is 6.58 Å². The molecule has 1 rings (SSSR count). The predicted octanol–water partition coefficient (Wildman–Crippen LogP) is 5.28. The van der Waals surface area contributed by atoms with Gasteiger partial charge in [-0.3, -0.25) is 0 Å². The molecule has 1 N–H and O–H groups in total. The minimum Gasteiger partial charge on any atom is -0.496 e. The van der Waals surface area contributed by atoms with Crippen molar-refractivity contribution < 1.29 is 4.74 Å². The first kappa shape index (κ1) is 18.6. The Kier molecular flexibility index (Phi) is 8.99. The molecule has 122 valence electrons. The Morgan fingerprint density at radius 3 is 2.70 bits per heavy atom. The van der Waals surface area contributed by atoms with E-state index in [1.54, 1.807) is 7.11 Å². The summed E-state index contributed by atoms with van der Waals surface area (Å²) < 4.78 is 5.31. The fourth-order valence-electron chi connectivity index (χ4n) is 1.93. The lowest BCUT2D eigenvalue weighted by Crippen LogP contribution is -2.06. The number of rotatable bonds is 10. The molecule has 0 atom stereocenters. The molecule has 0 bridgehead atoms. The Hall–Kier alpha value is -2.48. The van der Waals surface area contributed by atoms with E-state index in [1.165, 1.54) is 5.57 Å². The highest BCUT2D eigenvalue weighted by molar-refractivity contribution is 5.60. The molecule has 2 heteroatoms.